The molecule has 3 rings (SSSR count). The van der Waals surface area contributed by atoms with Gasteiger partial charge in [-0.15, -0.1) is 0 Å². The number of amidine groups is 1. The van der Waals surface area contributed by atoms with Crippen LogP contribution >= 0.6 is 11.6 Å². The monoisotopic (exact) mass is 349 g/mol. The summed E-state index contributed by atoms with van der Waals surface area (Å²) in [5.74, 6) is 0.320. The fourth-order valence-electron chi connectivity index (χ4n) is 2.88. The Hall–Kier alpha value is -1.85. The second-order valence-corrected chi connectivity index (χ2v) is 6.31. The highest BCUT2D eigenvalue weighted by molar-refractivity contribution is 6.30. The maximum absolute atomic E-state index is 13.0. The first kappa shape index (κ1) is 17.0. The van der Waals surface area contributed by atoms with Crippen molar-refractivity contribution in [3.63, 3.8) is 0 Å². The van der Waals surface area contributed by atoms with Crippen molar-refractivity contribution in [2.45, 2.75) is 6.42 Å². The molecule has 0 saturated carbocycles. The number of nitrogens with zero attached hydrogens (tertiary/aromatic N) is 2. The predicted octanol–water partition coefficient (Wildman–Crippen LogP) is 3.30. The molecule has 24 heavy (non-hydrogen) atoms. The van der Waals surface area contributed by atoms with Crippen molar-refractivity contribution in [2.75, 3.05) is 39.4 Å². The van der Waals surface area contributed by atoms with E-state index in [1.54, 1.807) is 12.1 Å². The van der Waals surface area contributed by atoms with Gasteiger partial charge in [-0.3, -0.25) is 5.41 Å². The molecule has 128 valence electrons. The summed E-state index contributed by atoms with van der Waals surface area (Å²) in [4.78, 5) is 4.17. The van der Waals surface area contributed by atoms with Crippen LogP contribution in [0, 0.1) is 11.2 Å². The van der Waals surface area contributed by atoms with Gasteiger partial charge >= 0.3 is 0 Å². The molecule has 2 aliphatic heterocycles. The molecule has 1 saturated heterocycles. The Labute approximate surface area is 146 Å². The zero-order valence-corrected chi connectivity index (χ0v) is 14.2. The van der Waals surface area contributed by atoms with Crippen LogP contribution in [0.25, 0.3) is 5.57 Å². The van der Waals surface area contributed by atoms with Crippen molar-refractivity contribution in [1.82, 2.24) is 9.80 Å². The lowest BCUT2D eigenvalue weighted by Gasteiger charge is -2.31. The van der Waals surface area contributed by atoms with E-state index in [2.05, 4.69) is 15.9 Å². The van der Waals surface area contributed by atoms with Crippen LogP contribution < -0.4 is 0 Å². The average Bonchev–Trinajstić information content (AvgIpc) is 2.58. The number of nitrogens with one attached hydrogen (secondary N) is 1. The van der Waals surface area contributed by atoms with E-state index in [1.807, 2.05) is 6.08 Å². The van der Waals surface area contributed by atoms with Crippen LogP contribution in [-0.2, 0) is 4.74 Å². The molecule has 0 aliphatic carbocycles. The van der Waals surface area contributed by atoms with Gasteiger partial charge in [-0.05, 0) is 35.8 Å². The van der Waals surface area contributed by atoms with Crippen molar-refractivity contribution in [1.29, 1.82) is 5.41 Å². The molecule has 0 amide bonds. The van der Waals surface area contributed by atoms with E-state index in [0.717, 1.165) is 43.7 Å². The molecule has 0 spiro atoms. The smallest absolute Gasteiger partial charge is 0.123 e. The Morgan fingerprint density at radius 2 is 1.92 bits per heavy atom. The van der Waals surface area contributed by atoms with Gasteiger partial charge in [0.05, 0.1) is 6.61 Å². The van der Waals surface area contributed by atoms with Gasteiger partial charge in [0, 0.05) is 26.2 Å². The molecule has 0 unspecified atom stereocenters. The van der Waals surface area contributed by atoms with Crippen molar-refractivity contribution in [2.24, 2.45) is 0 Å². The van der Waals surface area contributed by atoms with Crippen molar-refractivity contribution >= 4 is 23.0 Å². The number of ether oxygens (including phenoxy) is 1. The van der Waals surface area contributed by atoms with E-state index in [1.165, 1.54) is 12.1 Å². The highest BCUT2D eigenvalue weighted by atomic mass is 35.5. The minimum atomic E-state index is -0.236. The molecule has 1 aromatic rings. The molecule has 2 aliphatic rings. The van der Waals surface area contributed by atoms with Gasteiger partial charge in [0.1, 0.15) is 23.4 Å². The van der Waals surface area contributed by atoms with Gasteiger partial charge in [0.2, 0.25) is 0 Å². The van der Waals surface area contributed by atoms with E-state index < -0.39 is 0 Å². The molecule has 0 aromatic heterocycles. The normalized spacial score (nSPS) is 18.5. The Morgan fingerprint density at radius 1 is 1.17 bits per heavy atom. The first-order valence-electron chi connectivity index (χ1n) is 8.12. The molecule has 1 N–H and O–H groups in total. The lowest BCUT2D eigenvalue weighted by molar-refractivity contribution is 0.113. The average molecular weight is 350 g/mol. The second-order valence-electron chi connectivity index (χ2n) is 5.92. The van der Waals surface area contributed by atoms with Crippen LogP contribution in [0.5, 0.6) is 0 Å². The predicted molar refractivity (Wildman–Crippen MR) is 94.6 cm³/mol. The van der Waals surface area contributed by atoms with Crippen LogP contribution in [-0.4, -0.2) is 55.0 Å². The van der Waals surface area contributed by atoms with Crippen LogP contribution in [0.1, 0.15) is 12.0 Å². The molecule has 6 heteroatoms. The molecule has 0 atom stereocenters. The SMILES string of the molecule is N=C1COCCN1CCCN1CC=C(c2ccc(F)cc2)C=C1Cl. The first-order valence-corrected chi connectivity index (χ1v) is 8.49. The minimum absolute atomic E-state index is 0.236. The Balaban J connectivity index is 1.51. The number of benzene rings is 1. The van der Waals surface area contributed by atoms with E-state index >= 15 is 0 Å². The van der Waals surface area contributed by atoms with Crippen molar-refractivity contribution in [3.05, 3.63) is 53.0 Å². The highest BCUT2D eigenvalue weighted by Crippen LogP contribution is 2.25. The third-order valence-electron chi connectivity index (χ3n) is 4.27. The number of rotatable bonds is 5. The van der Waals surface area contributed by atoms with E-state index in [0.29, 0.717) is 24.2 Å². The molecule has 2 heterocycles. The zero-order valence-electron chi connectivity index (χ0n) is 13.5. The molecule has 1 aromatic carbocycles. The van der Waals surface area contributed by atoms with Gasteiger partial charge in [-0.2, -0.15) is 0 Å². The lowest BCUT2D eigenvalue weighted by atomic mass is 10.0. The lowest BCUT2D eigenvalue weighted by Crippen LogP contribution is -2.42. The van der Waals surface area contributed by atoms with Crippen LogP contribution in [0.15, 0.2) is 41.6 Å². The maximum atomic E-state index is 13.0. The highest BCUT2D eigenvalue weighted by Gasteiger charge is 2.17. The quantitative estimate of drug-likeness (QED) is 0.829. The molecule has 1 fully saturated rings. The van der Waals surface area contributed by atoms with E-state index in [-0.39, 0.29) is 5.82 Å². The molecule has 0 radical (unpaired) electrons. The number of morpholine rings is 1. The van der Waals surface area contributed by atoms with Crippen LogP contribution in [0.4, 0.5) is 4.39 Å². The van der Waals surface area contributed by atoms with Gasteiger partial charge in [-0.25, -0.2) is 4.39 Å². The van der Waals surface area contributed by atoms with Gasteiger partial charge in [0.25, 0.3) is 0 Å². The Kier molecular flexibility index (Phi) is 5.53. The van der Waals surface area contributed by atoms with Crippen molar-refractivity contribution in [3.8, 4) is 0 Å². The summed E-state index contributed by atoms with van der Waals surface area (Å²) < 4.78 is 18.3. The summed E-state index contributed by atoms with van der Waals surface area (Å²) in [6.45, 7) is 4.31. The van der Waals surface area contributed by atoms with Gasteiger partial charge in [-0.1, -0.05) is 29.8 Å². The zero-order chi connectivity index (χ0) is 16.9. The number of allylic oxidation sites excluding steroid dienone is 2. The standard InChI is InChI=1S/C18H21ClFN3O/c19-17-12-15(14-2-4-16(20)5-3-14)6-9-22(17)7-1-8-23-10-11-24-13-18(23)21/h2-6,12,21H,1,7-11,13H2. The first-order chi connectivity index (χ1) is 11.6. The van der Waals surface area contributed by atoms with E-state index in [9.17, 15) is 4.39 Å². The third-order valence-corrected chi connectivity index (χ3v) is 4.62. The van der Waals surface area contributed by atoms with Crippen LogP contribution in [0.3, 0.4) is 0 Å². The molecule has 0 bridgehead atoms. The van der Waals surface area contributed by atoms with Crippen molar-refractivity contribution < 1.29 is 9.13 Å². The minimum Gasteiger partial charge on any atom is -0.372 e. The number of halogens is 2. The fraction of sp³-hybridized carbons (Fsp3) is 0.389. The number of hydrogen-bond donors (Lipinski definition) is 1. The summed E-state index contributed by atoms with van der Waals surface area (Å²) >= 11 is 6.41. The third kappa shape index (κ3) is 4.16. The summed E-state index contributed by atoms with van der Waals surface area (Å²) in [7, 11) is 0. The van der Waals surface area contributed by atoms with Crippen LogP contribution in [0.2, 0.25) is 0 Å². The molecule has 4 nitrogen and oxygen atoms in total. The Morgan fingerprint density at radius 3 is 2.62 bits per heavy atom. The molecular weight excluding hydrogens is 329 g/mol. The second kappa shape index (κ2) is 7.81. The summed E-state index contributed by atoms with van der Waals surface area (Å²) in [5.41, 5.74) is 1.99. The topological polar surface area (TPSA) is 39.6 Å². The largest absolute Gasteiger partial charge is 0.372 e. The van der Waals surface area contributed by atoms with E-state index in [4.69, 9.17) is 21.7 Å². The summed E-state index contributed by atoms with van der Waals surface area (Å²) in [6, 6.07) is 6.45. The van der Waals surface area contributed by atoms with Gasteiger partial charge < -0.3 is 14.5 Å². The Bertz CT molecular complexity index is 657. The number of hydrogen-bond acceptors (Lipinski definition) is 3. The fourth-order valence-corrected chi connectivity index (χ4v) is 3.16. The maximum Gasteiger partial charge on any atom is 0.123 e. The molecular formula is C18H21ClFN3O. The summed E-state index contributed by atoms with van der Waals surface area (Å²) in [5, 5.41) is 8.56. The van der Waals surface area contributed by atoms with Gasteiger partial charge in [0.15, 0.2) is 0 Å². The summed E-state index contributed by atoms with van der Waals surface area (Å²) in [6.07, 6.45) is 4.97.